The molecular weight excluding hydrogens is 243 g/mol. The third-order valence-electron chi connectivity index (χ3n) is 1.28. The van der Waals surface area contributed by atoms with Crippen molar-refractivity contribution in [1.82, 2.24) is 10.5 Å². The average molecular weight is 251 g/mol. The van der Waals surface area contributed by atoms with E-state index in [2.05, 4.69) is 9.72 Å². The molecule has 1 rings (SSSR count). The fourth-order valence-electron chi connectivity index (χ4n) is 0.728. The minimum Gasteiger partial charge on any atom is -0.448 e. The third kappa shape index (κ3) is 3.81. The van der Waals surface area contributed by atoms with Crippen LogP contribution in [-0.2, 0) is 4.74 Å². The second-order valence-corrected chi connectivity index (χ2v) is 3.21. The first kappa shape index (κ1) is 11.9. The van der Waals surface area contributed by atoms with Crippen LogP contribution in [0.15, 0.2) is 12.3 Å². The topological polar surface area (TPSA) is 60.5 Å². The van der Waals surface area contributed by atoms with Crippen LogP contribution in [-0.4, -0.2) is 17.7 Å². The monoisotopic (exact) mass is 250 g/mol. The molecule has 1 amide bonds. The molecule has 0 aliphatic carbocycles. The number of hydroxylamine groups is 1. The van der Waals surface area contributed by atoms with Crippen LogP contribution in [0.3, 0.4) is 0 Å². The number of nitrogens with one attached hydrogen (secondary N) is 1. The molecule has 7 heteroatoms. The zero-order valence-electron chi connectivity index (χ0n) is 7.79. The van der Waals surface area contributed by atoms with Crippen molar-refractivity contribution in [1.29, 1.82) is 0 Å². The number of rotatable bonds is 3. The van der Waals surface area contributed by atoms with E-state index >= 15 is 0 Å². The predicted octanol–water partition coefficient (Wildman–Crippen LogP) is 2.43. The molecule has 0 unspecified atom stereocenters. The number of aromatic nitrogens is 1. The van der Waals surface area contributed by atoms with Crippen LogP contribution in [0.25, 0.3) is 0 Å². The van der Waals surface area contributed by atoms with Gasteiger partial charge in [-0.25, -0.2) is 9.78 Å². The van der Waals surface area contributed by atoms with Gasteiger partial charge in [-0.1, -0.05) is 23.2 Å². The summed E-state index contributed by atoms with van der Waals surface area (Å²) >= 11 is 11.3. The molecule has 0 aliphatic rings. The lowest BCUT2D eigenvalue weighted by Gasteiger charge is -2.06. The van der Waals surface area contributed by atoms with E-state index in [-0.39, 0.29) is 17.5 Å². The zero-order valence-corrected chi connectivity index (χ0v) is 9.30. The van der Waals surface area contributed by atoms with E-state index in [1.165, 1.54) is 12.3 Å². The lowest BCUT2D eigenvalue weighted by molar-refractivity contribution is 0.102. The first-order chi connectivity index (χ1) is 7.13. The molecular formula is C8H8Cl2N2O3. The van der Waals surface area contributed by atoms with E-state index in [0.29, 0.717) is 5.02 Å². The predicted molar refractivity (Wildman–Crippen MR) is 55.0 cm³/mol. The Bertz CT molecular complexity index is 360. The Hall–Kier alpha value is -1.20. The van der Waals surface area contributed by atoms with Crippen LogP contribution in [0, 0.1) is 0 Å². The summed E-state index contributed by atoms with van der Waals surface area (Å²) in [7, 11) is 0. The number of hydrogen-bond donors (Lipinski definition) is 1. The summed E-state index contributed by atoms with van der Waals surface area (Å²) in [6.45, 7) is 1.92. The van der Waals surface area contributed by atoms with Gasteiger partial charge in [-0.15, -0.1) is 0 Å². The number of carbonyl (C=O) groups is 1. The summed E-state index contributed by atoms with van der Waals surface area (Å²) in [6, 6.07) is 1.44. The highest BCUT2D eigenvalue weighted by molar-refractivity contribution is 6.35. The molecule has 1 N–H and O–H groups in total. The van der Waals surface area contributed by atoms with E-state index in [1.807, 2.05) is 5.48 Å². The van der Waals surface area contributed by atoms with E-state index in [9.17, 15) is 4.79 Å². The van der Waals surface area contributed by atoms with Gasteiger partial charge in [0.2, 0.25) is 0 Å². The molecule has 0 radical (unpaired) electrons. The standard InChI is InChI=1S/C8H8Cl2N2O3/c1-2-14-8(13)12-15-7-6(10)3-5(9)4-11-7/h3-4H,2H2,1H3,(H,12,13). The van der Waals surface area contributed by atoms with E-state index < -0.39 is 6.09 Å². The highest BCUT2D eigenvalue weighted by atomic mass is 35.5. The van der Waals surface area contributed by atoms with Gasteiger partial charge in [0, 0.05) is 6.20 Å². The van der Waals surface area contributed by atoms with Crippen molar-refractivity contribution in [3.63, 3.8) is 0 Å². The van der Waals surface area contributed by atoms with Gasteiger partial charge < -0.3 is 9.57 Å². The van der Waals surface area contributed by atoms with Crippen LogP contribution >= 0.6 is 23.2 Å². The number of halogens is 2. The minimum absolute atomic E-state index is 0.0501. The average Bonchev–Trinajstić information content (AvgIpc) is 2.17. The first-order valence-electron chi connectivity index (χ1n) is 4.04. The van der Waals surface area contributed by atoms with E-state index in [1.54, 1.807) is 6.92 Å². The molecule has 5 nitrogen and oxygen atoms in total. The van der Waals surface area contributed by atoms with Gasteiger partial charge in [0.1, 0.15) is 5.02 Å². The number of nitrogens with zero attached hydrogens (tertiary/aromatic N) is 1. The number of amides is 1. The van der Waals surface area contributed by atoms with Crippen molar-refractivity contribution < 1.29 is 14.4 Å². The first-order valence-corrected chi connectivity index (χ1v) is 4.79. The summed E-state index contributed by atoms with van der Waals surface area (Å²) in [6.07, 6.45) is 0.626. The van der Waals surface area contributed by atoms with Crippen molar-refractivity contribution in [2.75, 3.05) is 6.61 Å². The van der Waals surface area contributed by atoms with Crippen molar-refractivity contribution in [3.05, 3.63) is 22.3 Å². The Morgan fingerprint density at radius 1 is 1.60 bits per heavy atom. The SMILES string of the molecule is CCOC(=O)NOc1ncc(Cl)cc1Cl. The fraction of sp³-hybridized carbons (Fsp3) is 0.250. The maximum Gasteiger partial charge on any atom is 0.440 e. The molecule has 0 atom stereocenters. The van der Waals surface area contributed by atoms with Gasteiger partial charge in [0.15, 0.2) is 0 Å². The van der Waals surface area contributed by atoms with E-state index in [4.69, 9.17) is 28.0 Å². The lowest BCUT2D eigenvalue weighted by Crippen LogP contribution is -2.28. The summed E-state index contributed by atoms with van der Waals surface area (Å²) < 4.78 is 4.56. The number of hydrogen-bond acceptors (Lipinski definition) is 4. The molecule has 0 spiro atoms. The van der Waals surface area contributed by atoms with Crippen LogP contribution in [0.4, 0.5) is 4.79 Å². The van der Waals surface area contributed by atoms with Crippen LogP contribution < -0.4 is 10.3 Å². The second kappa shape index (κ2) is 5.63. The molecule has 0 aliphatic heterocycles. The summed E-state index contributed by atoms with van der Waals surface area (Å²) in [5, 5.41) is 0.572. The highest BCUT2D eigenvalue weighted by Gasteiger charge is 2.07. The van der Waals surface area contributed by atoms with Gasteiger partial charge in [-0.2, -0.15) is 5.48 Å². The Morgan fingerprint density at radius 2 is 2.33 bits per heavy atom. The lowest BCUT2D eigenvalue weighted by atomic mass is 10.5. The highest BCUT2D eigenvalue weighted by Crippen LogP contribution is 2.23. The van der Waals surface area contributed by atoms with Gasteiger partial charge in [-0.3, -0.25) is 0 Å². The Morgan fingerprint density at radius 3 is 2.93 bits per heavy atom. The summed E-state index contributed by atoms with van der Waals surface area (Å²) in [5.74, 6) is 0.0501. The van der Waals surface area contributed by atoms with Crippen molar-refractivity contribution in [2.45, 2.75) is 6.92 Å². The smallest absolute Gasteiger partial charge is 0.440 e. The summed E-state index contributed by atoms with van der Waals surface area (Å²) in [5.41, 5.74) is 2.01. The molecule has 1 aromatic rings. The largest absolute Gasteiger partial charge is 0.448 e. The Labute approximate surface area is 96.2 Å². The molecule has 0 bridgehead atoms. The molecule has 0 saturated carbocycles. The van der Waals surface area contributed by atoms with Gasteiger partial charge in [0.25, 0.3) is 5.88 Å². The van der Waals surface area contributed by atoms with Crippen molar-refractivity contribution in [3.8, 4) is 5.88 Å². The van der Waals surface area contributed by atoms with Crippen LogP contribution in [0.2, 0.25) is 10.0 Å². The van der Waals surface area contributed by atoms with Crippen LogP contribution in [0.5, 0.6) is 5.88 Å². The number of pyridine rings is 1. The molecule has 82 valence electrons. The van der Waals surface area contributed by atoms with Crippen molar-refractivity contribution in [2.24, 2.45) is 0 Å². The van der Waals surface area contributed by atoms with Crippen molar-refractivity contribution >= 4 is 29.3 Å². The minimum atomic E-state index is -0.717. The number of ether oxygens (including phenoxy) is 1. The van der Waals surface area contributed by atoms with Gasteiger partial charge >= 0.3 is 6.09 Å². The molecule has 15 heavy (non-hydrogen) atoms. The number of carbonyl (C=O) groups excluding carboxylic acids is 1. The fourth-order valence-corrected chi connectivity index (χ4v) is 1.15. The molecule has 1 aromatic heterocycles. The van der Waals surface area contributed by atoms with E-state index in [0.717, 1.165) is 0 Å². The van der Waals surface area contributed by atoms with Gasteiger partial charge in [-0.05, 0) is 13.0 Å². The third-order valence-corrected chi connectivity index (χ3v) is 1.76. The van der Waals surface area contributed by atoms with Gasteiger partial charge in [0.05, 0.1) is 11.6 Å². The summed E-state index contributed by atoms with van der Waals surface area (Å²) in [4.78, 5) is 19.4. The quantitative estimate of drug-likeness (QED) is 0.838. The maximum atomic E-state index is 10.8. The van der Waals surface area contributed by atoms with Crippen LogP contribution in [0.1, 0.15) is 6.92 Å². The maximum absolute atomic E-state index is 10.8. The zero-order chi connectivity index (χ0) is 11.3. The molecule has 0 aromatic carbocycles. The molecule has 0 fully saturated rings. The molecule has 0 saturated heterocycles. The molecule has 1 heterocycles. The Kier molecular flexibility index (Phi) is 4.45. The second-order valence-electron chi connectivity index (χ2n) is 2.37. The normalized spacial score (nSPS) is 9.53. The Balaban J connectivity index is 2.54.